The van der Waals surface area contributed by atoms with E-state index in [1.165, 1.54) is 12.1 Å². The molecular weight excluding hydrogens is 252 g/mol. The van der Waals surface area contributed by atoms with Crippen LogP contribution in [0.5, 0.6) is 0 Å². The third kappa shape index (κ3) is 4.12. The van der Waals surface area contributed by atoms with Crippen LogP contribution in [0.2, 0.25) is 0 Å². The van der Waals surface area contributed by atoms with E-state index in [-0.39, 0.29) is 23.3 Å². The first-order valence-electron chi connectivity index (χ1n) is 5.69. The monoisotopic (exact) mass is 270 g/mol. The molecule has 0 aliphatic carbocycles. The minimum atomic E-state index is -3.79. The normalized spacial score (nSPS) is 13.3. The average Bonchev–Trinajstić information content (AvgIpc) is 2.29. The average molecular weight is 270 g/mol. The van der Waals surface area contributed by atoms with Gasteiger partial charge in [-0.2, -0.15) is 0 Å². The maximum Gasteiger partial charge on any atom is 0.264 e. The fraction of sp³-hybridized carbons (Fsp3) is 0.417. The molecule has 1 aromatic rings. The van der Waals surface area contributed by atoms with Gasteiger partial charge in [0.05, 0.1) is 4.90 Å². The molecule has 0 aliphatic rings. The number of benzene rings is 1. The topological polar surface area (TPSA) is 89.3 Å². The number of hydrogen-bond acceptors (Lipinski definition) is 4. The molecule has 5 nitrogen and oxygen atoms in total. The van der Waals surface area contributed by atoms with Gasteiger partial charge in [0.2, 0.25) is 5.91 Å². The lowest BCUT2D eigenvalue weighted by atomic mass is 10.0. The van der Waals surface area contributed by atoms with Crippen molar-refractivity contribution in [1.29, 1.82) is 0 Å². The Morgan fingerprint density at radius 3 is 2.33 bits per heavy atom. The van der Waals surface area contributed by atoms with Crippen LogP contribution in [-0.4, -0.2) is 20.4 Å². The third-order valence-electron chi connectivity index (χ3n) is 2.58. The number of hydrogen-bond donors (Lipinski definition) is 2. The summed E-state index contributed by atoms with van der Waals surface area (Å²) in [6.45, 7) is 3.76. The molecule has 0 heterocycles. The predicted molar refractivity (Wildman–Crippen MR) is 69.2 cm³/mol. The Morgan fingerprint density at radius 2 is 1.83 bits per heavy atom. The van der Waals surface area contributed by atoms with Gasteiger partial charge in [0.25, 0.3) is 10.0 Å². The largest absolute Gasteiger partial charge is 0.327 e. The number of nitrogens with one attached hydrogen (secondary N) is 1. The zero-order chi connectivity index (χ0) is 13.8. The molecule has 0 fully saturated rings. The van der Waals surface area contributed by atoms with Crippen molar-refractivity contribution in [2.75, 3.05) is 0 Å². The maximum absolute atomic E-state index is 11.8. The van der Waals surface area contributed by atoms with Crippen molar-refractivity contribution in [3.63, 3.8) is 0 Å². The number of nitrogens with two attached hydrogens (primary N) is 1. The van der Waals surface area contributed by atoms with E-state index in [1.54, 1.807) is 18.2 Å². The van der Waals surface area contributed by atoms with Crippen molar-refractivity contribution in [3.05, 3.63) is 30.3 Å². The van der Waals surface area contributed by atoms with Gasteiger partial charge in [0.15, 0.2) is 0 Å². The second-order valence-corrected chi connectivity index (χ2v) is 6.14. The molecule has 3 N–H and O–H groups in total. The van der Waals surface area contributed by atoms with Gasteiger partial charge >= 0.3 is 0 Å². The molecule has 0 spiro atoms. The molecule has 1 rings (SSSR count). The zero-order valence-electron chi connectivity index (χ0n) is 10.5. The van der Waals surface area contributed by atoms with Crippen LogP contribution >= 0.6 is 0 Å². The highest BCUT2D eigenvalue weighted by molar-refractivity contribution is 7.90. The van der Waals surface area contributed by atoms with Gasteiger partial charge in [0, 0.05) is 12.5 Å². The van der Waals surface area contributed by atoms with Crippen LogP contribution in [-0.2, 0) is 14.8 Å². The lowest BCUT2D eigenvalue weighted by Crippen LogP contribution is -2.37. The highest BCUT2D eigenvalue weighted by atomic mass is 32.2. The molecule has 1 aromatic carbocycles. The Kier molecular flexibility index (Phi) is 4.86. The van der Waals surface area contributed by atoms with Crippen LogP contribution < -0.4 is 10.5 Å². The summed E-state index contributed by atoms with van der Waals surface area (Å²) in [5.74, 6) is -0.463. The van der Waals surface area contributed by atoms with E-state index >= 15 is 0 Å². The number of carbonyl (C=O) groups is 1. The zero-order valence-corrected chi connectivity index (χ0v) is 11.3. The molecule has 0 saturated heterocycles. The highest BCUT2D eigenvalue weighted by Gasteiger charge is 2.19. The Hall–Kier alpha value is -1.40. The van der Waals surface area contributed by atoms with Gasteiger partial charge in [-0.15, -0.1) is 0 Å². The lowest BCUT2D eigenvalue weighted by Gasteiger charge is -2.15. The Bertz CT molecular complexity index is 497. The van der Waals surface area contributed by atoms with Gasteiger partial charge in [0.1, 0.15) is 0 Å². The second-order valence-electron chi connectivity index (χ2n) is 4.45. The van der Waals surface area contributed by atoms with Crippen molar-refractivity contribution in [2.24, 2.45) is 11.7 Å². The van der Waals surface area contributed by atoms with Crippen molar-refractivity contribution in [2.45, 2.75) is 31.2 Å². The van der Waals surface area contributed by atoms with Crippen LogP contribution in [0.3, 0.4) is 0 Å². The van der Waals surface area contributed by atoms with Gasteiger partial charge in [-0.25, -0.2) is 13.1 Å². The van der Waals surface area contributed by atoms with Crippen LogP contribution in [0.25, 0.3) is 0 Å². The van der Waals surface area contributed by atoms with E-state index in [0.717, 1.165) is 0 Å². The van der Waals surface area contributed by atoms with Crippen LogP contribution in [0.4, 0.5) is 0 Å². The van der Waals surface area contributed by atoms with Crippen molar-refractivity contribution in [3.8, 4) is 0 Å². The van der Waals surface area contributed by atoms with Crippen molar-refractivity contribution >= 4 is 15.9 Å². The molecule has 100 valence electrons. The minimum absolute atomic E-state index is 0.0102. The molecule has 1 unspecified atom stereocenters. The van der Waals surface area contributed by atoms with Crippen molar-refractivity contribution < 1.29 is 13.2 Å². The SMILES string of the molecule is CC(C)C(N)CC(=O)NS(=O)(=O)c1ccccc1. The molecule has 1 amide bonds. The number of sulfonamides is 1. The smallest absolute Gasteiger partial charge is 0.264 e. The van der Waals surface area contributed by atoms with Crippen LogP contribution in [0.1, 0.15) is 20.3 Å². The summed E-state index contributed by atoms with van der Waals surface area (Å²) in [6.07, 6.45) is -0.0102. The van der Waals surface area contributed by atoms with E-state index in [2.05, 4.69) is 0 Å². The summed E-state index contributed by atoms with van der Waals surface area (Å²) in [4.78, 5) is 11.6. The molecule has 0 aromatic heterocycles. The van der Waals surface area contributed by atoms with E-state index in [1.807, 2.05) is 18.6 Å². The number of carbonyl (C=O) groups excluding carboxylic acids is 1. The molecule has 1 atom stereocenters. The van der Waals surface area contributed by atoms with E-state index in [4.69, 9.17) is 5.73 Å². The predicted octanol–water partition coefficient (Wildman–Crippen LogP) is 0.865. The molecule has 6 heteroatoms. The fourth-order valence-corrected chi connectivity index (χ4v) is 2.32. The second kappa shape index (κ2) is 5.97. The van der Waals surface area contributed by atoms with Crippen LogP contribution in [0.15, 0.2) is 35.2 Å². The Morgan fingerprint density at radius 1 is 1.28 bits per heavy atom. The first kappa shape index (κ1) is 14.7. The summed E-state index contributed by atoms with van der Waals surface area (Å²) >= 11 is 0. The number of rotatable bonds is 5. The summed E-state index contributed by atoms with van der Waals surface area (Å²) < 4.78 is 25.7. The van der Waals surface area contributed by atoms with E-state index in [9.17, 15) is 13.2 Å². The summed E-state index contributed by atoms with van der Waals surface area (Å²) in [5, 5.41) is 0. The molecule has 0 saturated carbocycles. The molecule has 0 bridgehead atoms. The maximum atomic E-state index is 11.8. The highest BCUT2D eigenvalue weighted by Crippen LogP contribution is 2.08. The Labute approximate surface area is 107 Å². The first-order valence-corrected chi connectivity index (χ1v) is 7.17. The minimum Gasteiger partial charge on any atom is -0.327 e. The van der Waals surface area contributed by atoms with Gasteiger partial charge in [-0.1, -0.05) is 32.0 Å². The first-order chi connectivity index (χ1) is 8.33. The molecule has 0 radical (unpaired) electrons. The number of amides is 1. The molecule has 0 aliphatic heterocycles. The standard InChI is InChI=1S/C12H18N2O3S/c1-9(2)11(13)8-12(15)14-18(16,17)10-6-4-3-5-7-10/h3-7,9,11H,8,13H2,1-2H3,(H,14,15). The fourth-order valence-electron chi connectivity index (χ4n) is 1.30. The van der Waals surface area contributed by atoms with Crippen molar-refractivity contribution in [1.82, 2.24) is 4.72 Å². The third-order valence-corrected chi connectivity index (χ3v) is 3.97. The van der Waals surface area contributed by atoms with Gasteiger partial charge < -0.3 is 5.73 Å². The van der Waals surface area contributed by atoms with E-state index < -0.39 is 15.9 Å². The lowest BCUT2D eigenvalue weighted by molar-refractivity contribution is -0.119. The molecule has 18 heavy (non-hydrogen) atoms. The summed E-state index contributed by atoms with van der Waals surface area (Å²) in [5.41, 5.74) is 5.72. The molecular formula is C12H18N2O3S. The van der Waals surface area contributed by atoms with E-state index in [0.29, 0.717) is 0 Å². The Balaban J connectivity index is 2.70. The van der Waals surface area contributed by atoms with Gasteiger partial charge in [-0.05, 0) is 18.1 Å². The quantitative estimate of drug-likeness (QED) is 0.830. The van der Waals surface area contributed by atoms with Gasteiger partial charge in [-0.3, -0.25) is 4.79 Å². The summed E-state index contributed by atoms with van der Waals surface area (Å²) in [7, 11) is -3.79. The van der Waals surface area contributed by atoms with Crippen LogP contribution in [0, 0.1) is 5.92 Å². The summed E-state index contributed by atoms with van der Waals surface area (Å²) in [6, 6.07) is 7.40.